The first kappa shape index (κ1) is 11.2. The molecule has 4 nitrogen and oxygen atoms in total. The standard InChI is InChI=1S/C8H19N3O/c1-6(2)4-8(3,12)5-11-7(9)10/h6,12H,4-5H2,1-3H3,(H4,9,10,11). The van der Waals surface area contributed by atoms with E-state index < -0.39 is 5.60 Å². The smallest absolute Gasteiger partial charge is 0.186 e. The average Bonchev–Trinajstić information content (AvgIpc) is 1.81. The van der Waals surface area contributed by atoms with Crippen LogP contribution in [0.2, 0.25) is 0 Å². The highest BCUT2D eigenvalue weighted by Gasteiger charge is 2.20. The molecule has 0 spiro atoms. The Morgan fingerprint density at radius 3 is 2.33 bits per heavy atom. The fourth-order valence-electron chi connectivity index (χ4n) is 1.21. The minimum atomic E-state index is -0.793. The second-order valence-corrected chi connectivity index (χ2v) is 3.84. The first-order chi connectivity index (χ1) is 5.33. The van der Waals surface area contributed by atoms with Gasteiger partial charge in [-0.25, -0.2) is 0 Å². The lowest BCUT2D eigenvalue weighted by Crippen LogP contribution is -2.33. The fourth-order valence-corrected chi connectivity index (χ4v) is 1.21. The van der Waals surface area contributed by atoms with E-state index in [2.05, 4.69) is 4.99 Å². The summed E-state index contributed by atoms with van der Waals surface area (Å²) < 4.78 is 0. The summed E-state index contributed by atoms with van der Waals surface area (Å²) >= 11 is 0. The number of nitrogens with two attached hydrogens (primary N) is 2. The molecule has 0 aliphatic carbocycles. The molecule has 0 bridgehead atoms. The number of aliphatic hydroxyl groups is 1. The van der Waals surface area contributed by atoms with Crippen molar-refractivity contribution in [2.75, 3.05) is 6.54 Å². The molecule has 0 heterocycles. The lowest BCUT2D eigenvalue weighted by molar-refractivity contribution is 0.0478. The quantitative estimate of drug-likeness (QED) is 0.415. The molecule has 72 valence electrons. The van der Waals surface area contributed by atoms with Gasteiger partial charge in [-0.1, -0.05) is 13.8 Å². The van der Waals surface area contributed by atoms with E-state index in [0.717, 1.165) is 0 Å². The summed E-state index contributed by atoms with van der Waals surface area (Å²) in [7, 11) is 0. The molecule has 1 unspecified atom stereocenters. The molecule has 0 aliphatic heterocycles. The molecular weight excluding hydrogens is 154 g/mol. The molecule has 12 heavy (non-hydrogen) atoms. The predicted octanol–water partition coefficient (Wildman–Crippen LogP) is 0.0569. The second kappa shape index (κ2) is 4.30. The zero-order chi connectivity index (χ0) is 9.78. The van der Waals surface area contributed by atoms with E-state index in [1.807, 2.05) is 13.8 Å². The number of nitrogens with zero attached hydrogens (tertiary/aromatic N) is 1. The Hall–Kier alpha value is -0.770. The minimum absolute atomic E-state index is 0.0269. The number of hydrogen-bond donors (Lipinski definition) is 3. The molecule has 0 amide bonds. The van der Waals surface area contributed by atoms with Crippen molar-refractivity contribution in [1.29, 1.82) is 0 Å². The van der Waals surface area contributed by atoms with Crippen LogP contribution in [0.4, 0.5) is 0 Å². The Bertz CT molecular complexity index is 160. The van der Waals surface area contributed by atoms with Crippen LogP contribution in [-0.2, 0) is 0 Å². The summed E-state index contributed by atoms with van der Waals surface area (Å²) in [6.45, 7) is 6.10. The van der Waals surface area contributed by atoms with Crippen molar-refractivity contribution in [3.8, 4) is 0 Å². The second-order valence-electron chi connectivity index (χ2n) is 3.84. The monoisotopic (exact) mass is 173 g/mol. The van der Waals surface area contributed by atoms with Crippen LogP contribution in [0, 0.1) is 5.92 Å². The van der Waals surface area contributed by atoms with Crippen molar-refractivity contribution in [2.24, 2.45) is 22.4 Å². The molecule has 0 aliphatic rings. The average molecular weight is 173 g/mol. The van der Waals surface area contributed by atoms with E-state index in [-0.39, 0.29) is 12.5 Å². The van der Waals surface area contributed by atoms with Crippen LogP contribution in [0.3, 0.4) is 0 Å². The van der Waals surface area contributed by atoms with Crippen LogP contribution in [0.15, 0.2) is 4.99 Å². The zero-order valence-corrected chi connectivity index (χ0v) is 8.04. The van der Waals surface area contributed by atoms with Crippen molar-refractivity contribution >= 4 is 5.96 Å². The number of guanidine groups is 1. The van der Waals surface area contributed by atoms with Gasteiger partial charge in [0.15, 0.2) is 5.96 Å². The molecule has 0 radical (unpaired) electrons. The summed E-state index contributed by atoms with van der Waals surface area (Å²) in [5, 5.41) is 9.72. The van der Waals surface area contributed by atoms with Crippen molar-refractivity contribution in [2.45, 2.75) is 32.8 Å². The van der Waals surface area contributed by atoms with Gasteiger partial charge in [-0.05, 0) is 19.3 Å². The predicted molar refractivity (Wildman–Crippen MR) is 50.8 cm³/mol. The van der Waals surface area contributed by atoms with Gasteiger partial charge >= 0.3 is 0 Å². The maximum Gasteiger partial charge on any atom is 0.186 e. The van der Waals surface area contributed by atoms with Crippen LogP contribution >= 0.6 is 0 Å². The first-order valence-electron chi connectivity index (χ1n) is 4.11. The highest BCUT2D eigenvalue weighted by Crippen LogP contribution is 2.16. The molecule has 0 aromatic rings. The highest BCUT2D eigenvalue weighted by atomic mass is 16.3. The van der Waals surface area contributed by atoms with Crippen LogP contribution < -0.4 is 11.5 Å². The van der Waals surface area contributed by atoms with E-state index in [4.69, 9.17) is 11.5 Å². The van der Waals surface area contributed by atoms with E-state index in [9.17, 15) is 5.11 Å². The Kier molecular flexibility index (Phi) is 4.03. The Morgan fingerprint density at radius 1 is 1.50 bits per heavy atom. The summed E-state index contributed by atoms with van der Waals surface area (Å²) in [6, 6.07) is 0. The molecule has 5 N–H and O–H groups in total. The topological polar surface area (TPSA) is 84.6 Å². The van der Waals surface area contributed by atoms with Gasteiger partial charge in [0.2, 0.25) is 0 Å². The molecule has 0 aromatic carbocycles. The van der Waals surface area contributed by atoms with Crippen molar-refractivity contribution in [3.05, 3.63) is 0 Å². The Morgan fingerprint density at radius 2 is 2.00 bits per heavy atom. The zero-order valence-electron chi connectivity index (χ0n) is 8.04. The third kappa shape index (κ3) is 5.97. The normalized spacial score (nSPS) is 15.8. The molecular formula is C8H19N3O. The molecule has 0 aromatic heterocycles. The molecule has 0 saturated carbocycles. The van der Waals surface area contributed by atoms with Gasteiger partial charge in [-0.15, -0.1) is 0 Å². The van der Waals surface area contributed by atoms with Gasteiger partial charge in [0.05, 0.1) is 12.1 Å². The van der Waals surface area contributed by atoms with Gasteiger partial charge in [0.1, 0.15) is 0 Å². The maximum absolute atomic E-state index is 9.72. The number of aliphatic imine (C=N–C) groups is 1. The summed E-state index contributed by atoms with van der Waals surface area (Å²) in [5.74, 6) is 0.466. The molecule has 1 atom stereocenters. The summed E-state index contributed by atoms with van der Waals surface area (Å²) in [6.07, 6.45) is 0.698. The largest absolute Gasteiger partial charge is 0.388 e. The number of rotatable bonds is 4. The SMILES string of the molecule is CC(C)CC(C)(O)CN=C(N)N. The van der Waals surface area contributed by atoms with Crippen LogP contribution in [-0.4, -0.2) is 23.2 Å². The van der Waals surface area contributed by atoms with Crippen LogP contribution in [0.1, 0.15) is 27.2 Å². The molecule has 0 rings (SSSR count). The van der Waals surface area contributed by atoms with Crippen molar-refractivity contribution < 1.29 is 5.11 Å². The van der Waals surface area contributed by atoms with Crippen molar-refractivity contribution in [3.63, 3.8) is 0 Å². The maximum atomic E-state index is 9.72. The van der Waals surface area contributed by atoms with Crippen LogP contribution in [0.25, 0.3) is 0 Å². The summed E-state index contributed by atoms with van der Waals surface area (Å²) in [5.41, 5.74) is 9.50. The van der Waals surface area contributed by atoms with E-state index in [0.29, 0.717) is 12.3 Å². The van der Waals surface area contributed by atoms with E-state index in [1.165, 1.54) is 0 Å². The third-order valence-electron chi connectivity index (χ3n) is 1.45. The molecule has 0 saturated heterocycles. The number of hydrogen-bond acceptors (Lipinski definition) is 2. The molecule has 4 heteroatoms. The summed E-state index contributed by atoms with van der Waals surface area (Å²) in [4.78, 5) is 3.77. The third-order valence-corrected chi connectivity index (χ3v) is 1.45. The Labute approximate surface area is 73.7 Å². The van der Waals surface area contributed by atoms with Crippen molar-refractivity contribution in [1.82, 2.24) is 0 Å². The van der Waals surface area contributed by atoms with E-state index in [1.54, 1.807) is 6.92 Å². The van der Waals surface area contributed by atoms with Gasteiger partial charge in [-0.3, -0.25) is 4.99 Å². The highest BCUT2D eigenvalue weighted by molar-refractivity contribution is 5.75. The van der Waals surface area contributed by atoms with Gasteiger partial charge < -0.3 is 16.6 Å². The van der Waals surface area contributed by atoms with Gasteiger partial charge in [0.25, 0.3) is 0 Å². The fraction of sp³-hybridized carbons (Fsp3) is 0.875. The molecule has 0 fully saturated rings. The Balaban J connectivity index is 3.95. The minimum Gasteiger partial charge on any atom is -0.388 e. The lowest BCUT2D eigenvalue weighted by atomic mass is 9.94. The van der Waals surface area contributed by atoms with Gasteiger partial charge in [0, 0.05) is 0 Å². The first-order valence-corrected chi connectivity index (χ1v) is 4.11. The van der Waals surface area contributed by atoms with Crippen LogP contribution in [0.5, 0.6) is 0 Å². The lowest BCUT2D eigenvalue weighted by Gasteiger charge is -2.22. The van der Waals surface area contributed by atoms with Gasteiger partial charge in [-0.2, -0.15) is 0 Å². The van der Waals surface area contributed by atoms with E-state index >= 15 is 0 Å².